The van der Waals surface area contributed by atoms with Crippen molar-refractivity contribution in [3.8, 4) is 0 Å². The highest BCUT2D eigenvalue weighted by Gasteiger charge is 2.30. The normalized spacial score (nSPS) is 28.4. The molecule has 0 saturated carbocycles. The molecule has 82 valence electrons. The number of epoxide rings is 2. The minimum atomic E-state index is 0.386. The van der Waals surface area contributed by atoms with Gasteiger partial charge < -0.3 is 14.4 Å². The highest BCUT2D eigenvalue weighted by atomic mass is 16.6. The molecule has 3 heteroatoms. The highest BCUT2D eigenvalue weighted by Crippen LogP contribution is 2.19. The monoisotopic (exact) mass is 207 g/mol. The van der Waals surface area contributed by atoms with Gasteiger partial charge in [-0.3, -0.25) is 0 Å². The topological polar surface area (TPSA) is 28.3 Å². The second-order valence-corrected chi connectivity index (χ2v) is 3.85. The second-order valence-electron chi connectivity index (χ2n) is 3.85. The fourth-order valence-corrected chi connectivity index (χ4v) is 1.55. The summed E-state index contributed by atoms with van der Waals surface area (Å²) in [6.07, 6.45) is 6.38. The van der Waals surface area contributed by atoms with Crippen LogP contribution >= 0.6 is 0 Å². The van der Waals surface area contributed by atoms with Gasteiger partial charge in [0.15, 0.2) is 0 Å². The number of allylic oxidation sites excluding steroid dienone is 3. The molecular weight excluding hydrogens is 190 g/mol. The number of rotatable bonds is 7. The largest absolute Gasteiger partial charge is 0.371 e. The molecule has 2 rings (SSSR count). The van der Waals surface area contributed by atoms with E-state index in [1.165, 1.54) is 0 Å². The van der Waals surface area contributed by atoms with E-state index in [1.807, 2.05) is 12.2 Å². The molecule has 2 atom stereocenters. The number of nitrogens with zero attached hydrogens (tertiary/aromatic N) is 1. The molecule has 2 saturated heterocycles. The first-order valence-electron chi connectivity index (χ1n) is 5.26. The van der Waals surface area contributed by atoms with E-state index in [0.717, 1.165) is 32.0 Å². The van der Waals surface area contributed by atoms with Crippen molar-refractivity contribution in [3.05, 3.63) is 37.1 Å². The lowest BCUT2D eigenvalue weighted by Crippen LogP contribution is -2.30. The van der Waals surface area contributed by atoms with Gasteiger partial charge in [-0.25, -0.2) is 0 Å². The van der Waals surface area contributed by atoms with Crippen LogP contribution in [0.1, 0.15) is 0 Å². The molecule has 0 spiro atoms. The average molecular weight is 207 g/mol. The predicted octanol–water partition coefficient (Wildman–Crippen LogP) is 1.34. The Hall–Kier alpha value is -1.06. The van der Waals surface area contributed by atoms with Crippen molar-refractivity contribution in [1.82, 2.24) is 4.90 Å². The fraction of sp³-hybridized carbons (Fsp3) is 0.500. The zero-order chi connectivity index (χ0) is 10.7. The van der Waals surface area contributed by atoms with Crippen LogP contribution in [0.4, 0.5) is 0 Å². The Labute approximate surface area is 90.7 Å². The molecule has 3 nitrogen and oxygen atoms in total. The van der Waals surface area contributed by atoms with Crippen molar-refractivity contribution in [2.45, 2.75) is 12.2 Å². The van der Waals surface area contributed by atoms with E-state index >= 15 is 0 Å². The summed E-state index contributed by atoms with van der Waals surface area (Å²) in [7, 11) is 0. The third kappa shape index (κ3) is 3.22. The third-order valence-electron chi connectivity index (χ3n) is 2.52. The standard InChI is InChI=1S/C12H17NO2/c1-3-5-10(4-2)13(6-11-8-14-11)7-12-9-15-12/h3-5,11-12H,1-2,6-9H2/b10-5+. The van der Waals surface area contributed by atoms with Crippen LogP contribution in [0.2, 0.25) is 0 Å². The lowest BCUT2D eigenvalue weighted by molar-refractivity contribution is 0.268. The maximum Gasteiger partial charge on any atom is 0.0984 e. The van der Waals surface area contributed by atoms with Crippen molar-refractivity contribution in [3.63, 3.8) is 0 Å². The molecule has 2 heterocycles. The van der Waals surface area contributed by atoms with Gasteiger partial charge in [0.05, 0.1) is 25.4 Å². The second kappa shape index (κ2) is 4.64. The van der Waals surface area contributed by atoms with Gasteiger partial charge in [0, 0.05) is 18.8 Å². The van der Waals surface area contributed by atoms with Crippen molar-refractivity contribution < 1.29 is 9.47 Å². The van der Waals surface area contributed by atoms with Gasteiger partial charge in [-0.2, -0.15) is 0 Å². The van der Waals surface area contributed by atoms with Gasteiger partial charge in [-0.1, -0.05) is 19.2 Å². The summed E-state index contributed by atoms with van der Waals surface area (Å²) in [4.78, 5) is 2.25. The SMILES string of the molecule is C=C/C=C(\C=C)N(CC1CO1)CC1CO1. The lowest BCUT2D eigenvalue weighted by atomic mass is 10.2. The summed E-state index contributed by atoms with van der Waals surface area (Å²) in [6.45, 7) is 11.1. The first kappa shape index (κ1) is 10.5. The first-order valence-corrected chi connectivity index (χ1v) is 5.26. The molecule has 0 bridgehead atoms. The lowest BCUT2D eigenvalue weighted by Gasteiger charge is -2.23. The quantitative estimate of drug-likeness (QED) is 0.466. The van der Waals surface area contributed by atoms with Crippen LogP contribution in [0, 0.1) is 0 Å². The summed E-state index contributed by atoms with van der Waals surface area (Å²) >= 11 is 0. The molecule has 15 heavy (non-hydrogen) atoms. The van der Waals surface area contributed by atoms with Crippen LogP contribution < -0.4 is 0 Å². The van der Waals surface area contributed by atoms with E-state index in [2.05, 4.69) is 18.1 Å². The van der Waals surface area contributed by atoms with Gasteiger partial charge in [0.25, 0.3) is 0 Å². The van der Waals surface area contributed by atoms with Gasteiger partial charge in [0.2, 0.25) is 0 Å². The van der Waals surface area contributed by atoms with Crippen LogP contribution in [-0.2, 0) is 9.47 Å². The van der Waals surface area contributed by atoms with Crippen LogP contribution in [-0.4, -0.2) is 43.4 Å². The minimum absolute atomic E-state index is 0.386. The first-order chi connectivity index (χ1) is 7.33. The molecule has 0 aromatic rings. The van der Waals surface area contributed by atoms with Crippen molar-refractivity contribution >= 4 is 0 Å². The molecular formula is C12H17NO2. The van der Waals surface area contributed by atoms with E-state index in [0.29, 0.717) is 12.2 Å². The summed E-state index contributed by atoms with van der Waals surface area (Å²) in [5.41, 5.74) is 1.09. The number of hydrogen-bond donors (Lipinski definition) is 0. The summed E-state index contributed by atoms with van der Waals surface area (Å²) in [5.74, 6) is 0. The Bertz CT molecular complexity index is 263. The zero-order valence-electron chi connectivity index (χ0n) is 8.89. The highest BCUT2D eigenvalue weighted by molar-refractivity contribution is 5.20. The zero-order valence-corrected chi connectivity index (χ0v) is 8.89. The van der Waals surface area contributed by atoms with Crippen LogP contribution in [0.5, 0.6) is 0 Å². The minimum Gasteiger partial charge on any atom is -0.371 e. The van der Waals surface area contributed by atoms with Gasteiger partial charge in [0.1, 0.15) is 0 Å². The fourth-order valence-electron chi connectivity index (χ4n) is 1.55. The summed E-state index contributed by atoms with van der Waals surface area (Å²) < 4.78 is 10.5. The maximum absolute atomic E-state index is 5.24. The van der Waals surface area contributed by atoms with E-state index in [9.17, 15) is 0 Å². The third-order valence-corrected chi connectivity index (χ3v) is 2.52. The molecule has 0 aliphatic carbocycles. The van der Waals surface area contributed by atoms with Gasteiger partial charge in [-0.15, -0.1) is 0 Å². The van der Waals surface area contributed by atoms with Gasteiger partial charge >= 0.3 is 0 Å². The summed E-state index contributed by atoms with van der Waals surface area (Å²) in [5, 5.41) is 0. The smallest absolute Gasteiger partial charge is 0.0984 e. The Morgan fingerprint density at radius 2 is 1.73 bits per heavy atom. The Kier molecular flexibility index (Phi) is 3.23. The Morgan fingerprint density at radius 1 is 1.20 bits per heavy atom. The Balaban J connectivity index is 1.95. The average Bonchev–Trinajstić information content (AvgIpc) is 3.07. The molecule has 0 amide bonds. The van der Waals surface area contributed by atoms with E-state index in [1.54, 1.807) is 6.08 Å². The molecule has 2 unspecified atom stereocenters. The van der Waals surface area contributed by atoms with Crippen LogP contribution in [0.25, 0.3) is 0 Å². The van der Waals surface area contributed by atoms with Crippen molar-refractivity contribution in [2.24, 2.45) is 0 Å². The van der Waals surface area contributed by atoms with E-state index in [-0.39, 0.29) is 0 Å². The number of ether oxygens (including phenoxy) is 2. The molecule has 2 aliphatic heterocycles. The summed E-state index contributed by atoms with van der Waals surface area (Å²) in [6, 6.07) is 0. The van der Waals surface area contributed by atoms with Crippen LogP contribution in [0.3, 0.4) is 0 Å². The molecule has 0 radical (unpaired) electrons. The van der Waals surface area contributed by atoms with E-state index in [4.69, 9.17) is 9.47 Å². The molecule has 0 aromatic heterocycles. The molecule has 2 fully saturated rings. The Morgan fingerprint density at radius 3 is 2.07 bits per heavy atom. The maximum atomic E-state index is 5.24. The number of hydrogen-bond acceptors (Lipinski definition) is 3. The molecule has 0 aromatic carbocycles. The van der Waals surface area contributed by atoms with E-state index < -0.39 is 0 Å². The van der Waals surface area contributed by atoms with Gasteiger partial charge in [-0.05, 0) is 12.2 Å². The predicted molar refractivity (Wildman–Crippen MR) is 59.5 cm³/mol. The molecule has 0 N–H and O–H groups in total. The van der Waals surface area contributed by atoms with Crippen molar-refractivity contribution in [2.75, 3.05) is 26.3 Å². The van der Waals surface area contributed by atoms with Crippen molar-refractivity contribution in [1.29, 1.82) is 0 Å². The van der Waals surface area contributed by atoms with Crippen LogP contribution in [0.15, 0.2) is 37.1 Å². The molecule has 2 aliphatic rings.